The van der Waals surface area contributed by atoms with Gasteiger partial charge in [-0.2, -0.15) is 13.2 Å². The van der Waals surface area contributed by atoms with Crippen molar-refractivity contribution in [1.82, 2.24) is 9.97 Å². The van der Waals surface area contributed by atoms with Crippen LogP contribution in [-0.4, -0.2) is 18.4 Å². The van der Waals surface area contributed by atoms with Gasteiger partial charge in [0.05, 0.1) is 11.9 Å². The molecule has 2 aromatic heterocycles. The summed E-state index contributed by atoms with van der Waals surface area (Å²) in [6.07, 6.45) is -2.77. The van der Waals surface area contributed by atoms with E-state index in [9.17, 15) is 21.6 Å². The van der Waals surface area contributed by atoms with Gasteiger partial charge in [-0.15, -0.1) is 0 Å². The van der Waals surface area contributed by atoms with E-state index in [0.29, 0.717) is 6.07 Å². The van der Waals surface area contributed by atoms with E-state index in [1.807, 2.05) is 0 Å². The van der Waals surface area contributed by atoms with E-state index in [0.717, 1.165) is 18.5 Å². The number of hydrogen-bond acceptors (Lipinski definition) is 4. The first-order chi connectivity index (χ1) is 9.68. The van der Waals surface area contributed by atoms with Crippen LogP contribution in [0, 0.1) is 0 Å². The zero-order valence-corrected chi connectivity index (χ0v) is 11.7. The Morgan fingerprint density at radius 1 is 1.05 bits per heavy atom. The number of nitrogens with one attached hydrogen (secondary N) is 1. The minimum atomic E-state index is -4.59. The molecule has 21 heavy (non-hydrogen) atoms. The summed E-state index contributed by atoms with van der Waals surface area (Å²) >= 11 is 5.54. The van der Waals surface area contributed by atoms with Crippen molar-refractivity contribution in [2.24, 2.45) is 0 Å². The van der Waals surface area contributed by atoms with E-state index in [-0.39, 0.29) is 15.7 Å². The van der Waals surface area contributed by atoms with Gasteiger partial charge in [0, 0.05) is 6.20 Å². The Kier molecular flexibility index (Phi) is 4.06. The van der Waals surface area contributed by atoms with E-state index in [4.69, 9.17) is 11.6 Å². The van der Waals surface area contributed by atoms with Gasteiger partial charge in [-0.05, 0) is 24.3 Å². The van der Waals surface area contributed by atoms with Gasteiger partial charge < -0.3 is 0 Å². The van der Waals surface area contributed by atoms with Crippen molar-refractivity contribution in [3.63, 3.8) is 0 Å². The molecule has 10 heteroatoms. The molecule has 0 aromatic carbocycles. The Morgan fingerprint density at radius 3 is 2.24 bits per heavy atom. The monoisotopic (exact) mass is 337 g/mol. The molecule has 0 saturated heterocycles. The summed E-state index contributed by atoms with van der Waals surface area (Å²) in [5.74, 6) is 0. The summed E-state index contributed by atoms with van der Waals surface area (Å²) < 4.78 is 63.0. The fourth-order valence-corrected chi connectivity index (χ4v) is 2.46. The number of halogens is 4. The number of hydrogen-bond donors (Lipinski definition) is 1. The highest BCUT2D eigenvalue weighted by Gasteiger charge is 2.32. The Morgan fingerprint density at radius 2 is 1.76 bits per heavy atom. The van der Waals surface area contributed by atoms with Crippen LogP contribution < -0.4 is 4.72 Å². The minimum Gasteiger partial charge on any atom is -0.278 e. The van der Waals surface area contributed by atoms with Crippen molar-refractivity contribution in [2.75, 3.05) is 4.72 Å². The van der Waals surface area contributed by atoms with Gasteiger partial charge in [-0.3, -0.25) is 4.72 Å². The van der Waals surface area contributed by atoms with Crippen molar-refractivity contribution in [1.29, 1.82) is 0 Å². The molecule has 0 unspecified atom stereocenters. The molecule has 2 rings (SSSR count). The molecule has 0 amide bonds. The van der Waals surface area contributed by atoms with Gasteiger partial charge in [0.25, 0.3) is 10.0 Å². The lowest BCUT2D eigenvalue weighted by Gasteiger charge is -2.09. The normalized spacial score (nSPS) is 12.2. The van der Waals surface area contributed by atoms with Crippen LogP contribution in [0.5, 0.6) is 0 Å². The molecule has 0 radical (unpaired) electrons. The number of nitrogens with zero attached hydrogens (tertiary/aromatic N) is 2. The largest absolute Gasteiger partial charge is 0.433 e. The second kappa shape index (κ2) is 5.49. The smallest absolute Gasteiger partial charge is 0.278 e. The van der Waals surface area contributed by atoms with Crippen molar-refractivity contribution in [2.45, 2.75) is 11.1 Å². The molecule has 0 bridgehead atoms. The Bertz CT molecular complexity index is 731. The lowest BCUT2D eigenvalue weighted by atomic mass is 10.3. The highest BCUT2D eigenvalue weighted by molar-refractivity contribution is 7.92. The first kappa shape index (κ1) is 15.5. The highest BCUT2D eigenvalue weighted by Crippen LogP contribution is 2.28. The Balaban J connectivity index is 2.23. The lowest BCUT2D eigenvalue weighted by Crippen LogP contribution is -2.14. The zero-order chi connectivity index (χ0) is 15.7. The van der Waals surface area contributed by atoms with E-state index in [1.165, 1.54) is 12.1 Å². The number of sulfonamides is 1. The molecular formula is C11H7ClF3N3O2S. The highest BCUT2D eigenvalue weighted by atomic mass is 35.5. The third kappa shape index (κ3) is 3.82. The molecule has 0 atom stereocenters. The first-order valence-electron chi connectivity index (χ1n) is 5.36. The molecule has 1 N–H and O–H groups in total. The van der Waals surface area contributed by atoms with Gasteiger partial charge in [0.2, 0.25) is 0 Å². The molecule has 5 nitrogen and oxygen atoms in total. The van der Waals surface area contributed by atoms with Crippen LogP contribution in [0.1, 0.15) is 5.69 Å². The molecule has 0 aliphatic rings. The fraction of sp³-hybridized carbons (Fsp3) is 0.0909. The molecule has 2 heterocycles. The zero-order valence-electron chi connectivity index (χ0n) is 10.1. The second-order valence-corrected chi connectivity index (χ2v) is 5.92. The number of aromatic nitrogens is 2. The summed E-state index contributed by atoms with van der Waals surface area (Å²) in [6, 6.07) is 4.14. The lowest BCUT2D eigenvalue weighted by molar-refractivity contribution is -0.141. The maximum Gasteiger partial charge on any atom is 0.433 e. The maximum absolute atomic E-state index is 12.3. The third-order valence-electron chi connectivity index (χ3n) is 2.32. The van der Waals surface area contributed by atoms with Gasteiger partial charge in [0.1, 0.15) is 15.7 Å². The number of rotatable bonds is 3. The van der Waals surface area contributed by atoms with Crippen LogP contribution in [0.2, 0.25) is 5.15 Å². The molecule has 0 aliphatic carbocycles. The van der Waals surface area contributed by atoms with E-state index in [1.54, 1.807) is 0 Å². The van der Waals surface area contributed by atoms with Gasteiger partial charge in [-0.25, -0.2) is 18.4 Å². The van der Waals surface area contributed by atoms with E-state index < -0.39 is 21.9 Å². The van der Waals surface area contributed by atoms with E-state index >= 15 is 0 Å². The minimum absolute atomic E-state index is 0.0991. The average molecular weight is 338 g/mol. The average Bonchev–Trinajstić information content (AvgIpc) is 2.38. The number of anilines is 1. The summed E-state index contributed by atoms with van der Waals surface area (Å²) in [5.41, 5.74) is -1.21. The molecule has 0 saturated carbocycles. The first-order valence-corrected chi connectivity index (χ1v) is 7.22. The SMILES string of the molecule is O=S(=O)(Nc1ccc(C(F)(F)F)nc1)c1ccc(Cl)nc1. The van der Waals surface area contributed by atoms with Crippen LogP contribution >= 0.6 is 11.6 Å². The number of alkyl halides is 3. The van der Waals surface area contributed by atoms with Crippen LogP contribution in [0.3, 0.4) is 0 Å². The van der Waals surface area contributed by atoms with Gasteiger partial charge in [0.15, 0.2) is 0 Å². The molecule has 0 aliphatic heterocycles. The molecule has 112 valence electrons. The van der Waals surface area contributed by atoms with Crippen molar-refractivity contribution in [3.8, 4) is 0 Å². The summed E-state index contributed by atoms with van der Waals surface area (Å²) in [5, 5.41) is 0.116. The van der Waals surface area contributed by atoms with Crippen LogP contribution in [-0.2, 0) is 16.2 Å². The number of pyridine rings is 2. The summed E-state index contributed by atoms with van der Waals surface area (Å²) in [4.78, 5) is 6.59. The standard InChI is InChI=1S/C11H7ClF3N3O2S/c12-10-4-2-8(6-17-10)21(19,20)18-7-1-3-9(16-5-7)11(13,14)15/h1-6,18H. The second-order valence-electron chi connectivity index (χ2n) is 3.85. The maximum atomic E-state index is 12.3. The predicted octanol–water partition coefficient (Wildman–Crippen LogP) is 2.95. The molecular weight excluding hydrogens is 331 g/mol. The Labute approximate surface area is 122 Å². The quantitative estimate of drug-likeness (QED) is 0.874. The molecule has 0 fully saturated rings. The topological polar surface area (TPSA) is 72.0 Å². The fourth-order valence-electron chi connectivity index (χ4n) is 1.36. The van der Waals surface area contributed by atoms with E-state index in [2.05, 4.69) is 14.7 Å². The van der Waals surface area contributed by atoms with Gasteiger partial charge in [-0.1, -0.05) is 11.6 Å². The third-order valence-corrected chi connectivity index (χ3v) is 3.91. The van der Waals surface area contributed by atoms with Crippen molar-refractivity contribution >= 4 is 27.3 Å². The van der Waals surface area contributed by atoms with Gasteiger partial charge >= 0.3 is 6.18 Å². The Hall–Kier alpha value is -1.87. The summed E-state index contributed by atoms with van der Waals surface area (Å²) in [7, 11) is -3.97. The van der Waals surface area contributed by atoms with Crippen LogP contribution in [0.15, 0.2) is 41.6 Å². The summed E-state index contributed by atoms with van der Waals surface area (Å²) in [6.45, 7) is 0. The van der Waals surface area contributed by atoms with Crippen molar-refractivity contribution in [3.05, 3.63) is 47.5 Å². The molecule has 2 aromatic rings. The van der Waals surface area contributed by atoms with Crippen LogP contribution in [0.4, 0.5) is 18.9 Å². The molecule has 0 spiro atoms. The predicted molar refractivity (Wildman–Crippen MR) is 69.3 cm³/mol. The van der Waals surface area contributed by atoms with Crippen LogP contribution in [0.25, 0.3) is 0 Å². The van der Waals surface area contributed by atoms with Crippen molar-refractivity contribution < 1.29 is 21.6 Å².